The molecule has 2 aromatic rings. The van der Waals surface area contributed by atoms with Crippen LogP contribution >= 0.6 is 0 Å². The van der Waals surface area contributed by atoms with Crippen molar-refractivity contribution in [1.82, 2.24) is 15.3 Å². The Morgan fingerprint density at radius 1 is 1.10 bits per heavy atom. The first-order valence-corrected chi connectivity index (χ1v) is 10.3. The Morgan fingerprint density at radius 3 is 2.48 bits per heavy atom. The van der Waals surface area contributed by atoms with Gasteiger partial charge >= 0.3 is 0 Å². The number of hydrogen-bond donors (Lipinski definition) is 2. The van der Waals surface area contributed by atoms with Crippen molar-refractivity contribution in [3.8, 4) is 11.5 Å². The normalized spacial score (nSPS) is 19.9. The second kappa shape index (κ2) is 9.09. The second-order valence-electron chi connectivity index (χ2n) is 7.38. The van der Waals surface area contributed by atoms with Crippen molar-refractivity contribution in [3.63, 3.8) is 0 Å². The van der Waals surface area contributed by atoms with Gasteiger partial charge < -0.3 is 24.7 Å². The van der Waals surface area contributed by atoms with Gasteiger partial charge in [0.2, 0.25) is 5.91 Å². The van der Waals surface area contributed by atoms with Crippen LogP contribution in [0.15, 0.2) is 60.9 Å². The number of amides is 2. The molecule has 8 heteroatoms. The molecule has 2 atom stereocenters. The summed E-state index contributed by atoms with van der Waals surface area (Å²) in [5.74, 6) is 1.17. The van der Waals surface area contributed by atoms with E-state index in [2.05, 4.69) is 10.7 Å². The average molecular weight is 422 g/mol. The highest BCUT2D eigenvalue weighted by atomic mass is 16.5. The zero-order valence-electron chi connectivity index (χ0n) is 17.6. The first-order chi connectivity index (χ1) is 15.1. The first-order valence-electron chi connectivity index (χ1n) is 10.3. The molecule has 2 heterocycles. The van der Waals surface area contributed by atoms with Crippen molar-refractivity contribution in [2.75, 3.05) is 25.6 Å². The molecule has 2 N–H and O–H groups in total. The quantitative estimate of drug-likeness (QED) is 0.714. The van der Waals surface area contributed by atoms with E-state index < -0.39 is 0 Å². The molecule has 0 radical (unpaired) electrons. The molecule has 162 valence electrons. The fraction of sp³-hybridized carbons (Fsp3) is 0.304. The van der Waals surface area contributed by atoms with Crippen LogP contribution in [0.4, 0.5) is 5.69 Å². The molecule has 2 unspecified atom stereocenters. The predicted molar refractivity (Wildman–Crippen MR) is 116 cm³/mol. The van der Waals surface area contributed by atoms with Gasteiger partial charge in [-0.3, -0.25) is 9.59 Å². The smallest absolute Gasteiger partial charge is 0.251 e. The number of hydrogen-bond acceptors (Lipinski definition) is 6. The van der Waals surface area contributed by atoms with Crippen LogP contribution in [0, 0.1) is 0 Å². The van der Waals surface area contributed by atoms with Gasteiger partial charge in [-0.2, -0.15) is 0 Å². The van der Waals surface area contributed by atoms with Gasteiger partial charge in [-0.1, -0.05) is 12.1 Å². The Hall–Kier alpha value is -3.52. The van der Waals surface area contributed by atoms with Crippen molar-refractivity contribution >= 4 is 17.5 Å². The van der Waals surface area contributed by atoms with Gasteiger partial charge in [-0.05, 0) is 55.3 Å². The van der Waals surface area contributed by atoms with Crippen LogP contribution in [0.5, 0.6) is 11.5 Å². The number of carbonyl (C=O) groups is 2. The highest BCUT2D eigenvalue weighted by molar-refractivity contribution is 5.96. The fourth-order valence-corrected chi connectivity index (χ4v) is 3.78. The number of anilines is 1. The minimum Gasteiger partial charge on any atom is -0.497 e. The van der Waals surface area contributed by atoms with Gasteiger partial charge in [0, 0.05) is 18.1 Å². The summed E-state index contributed by atoms with van der Waals surface area (Å²) < 4.78 is 10.6. The number of benzene rings is 2. The van der Waals surface area contributed by atoms with Gasteiger partial charge in [-0.15, -0.1) is 0 Å². The Kier molecular flexibility index (Phi) is 6.08. The van der Waals surface area contributed by atoms with E-state index in [1.54, 1.807) is 43.8 Å². The second-order valence-corrected chi connectivity index (χ2v) is 7.38. The van der Waals surface area contributed by atoms with Crippen LogP contribution in [-0.2, 0) is 9.59 Å². The molecule has 4 rings (SSSR count). The number of carbonyl (C=O) groups excluding carboxylic acids is 2. The number of methoxy groups -OCH3 is 1. The first kappa shape index (κ1) is 20.7. The molecule has 0 bridgehead atoms. The van der Waals surface area contributed by atoms with Crippen molar-refractivity contribution in [2.24, 2.45) is 0 Å². The molecule has 2 amide bonds. The van der Waals surface area contributed by atoms with Crippen LogP contribution in [0.3, 0.4) is 0 Å². The van der Waals surface area contributed by atoms with Crippen LogP contribution in [0.2, 0.25) is 0 Å². The van der Waals surface area contributed by atoms with E-state index in [0.717, 1.165) is 11.3 Å². The Bertz CT molecular complexity index is 959. The minimum atomic E-state index is -0.352. The fourth-order valence-electron chi connectivity index (χ4n) is 3.78. The molecule has 0 saturated carbocycles. The molecule has 2 aliphatic rings. The third-order valence-electron chi connectivity index (χ3n) is 5.36. The number of hydrazine groups is 1. The van der Waals surface area contributed by atoms with Crippen LogP contribution in [-0.4, -0.2) is 48.0 Å². The van der Waals surface area contributed by atoms with E-state index in [9.17, 15) is 9.59 Å². The van der Waals surface area contributed by atoms with E-state index in [1.807, 2.05) is 36.2 Å². The van der Waals surface area contributed by atoms with E-state index in [-0.39, 0.29) is 30.4 Å². The number of rotatable bonds is 7. The van der Waals surface area contributed by atoms with Crippen molar-refractivity contribution < 1.29 is 19.1 Å². The van der Waals surface area contributed by atoms with Crippen molar-refractivity contribution in [2.45, 2.75) is 25.4 Å². The number of fused-ring (bicyclic) bond motifs is 1. The summed E-state index contributed by atoms with van der Waals surface area (Å²) in [5.41, 5.74) is 5.10. The minimum absolute atomic E-state index is 0.0161. The average Bonchev–Trinajstić information content (AvgIpc) is 3.22. The molecule has 8 nitrogen and oxygen atoms in total. The van der Waals surface area contributed by atoms with Crippen molar-refractivity contribution in [1.29, 1.82) is 0 Å². The van der Waals surface area contributed by atoms with Crippen LogP contribution < -0.4 is 20.2 Å². The summed E-state index contributed by atoms with van der Waals surface area (Å²) in [7, 11) is 1.59. The molecule has 0 spiro atoms. The van der Waals surface area contributed by atoms with Crippen molar-refractivity contribution in [3.05, 3.63) is 66.5 Å². The van der Waals surface area contributed by atoms with Gasteiger partial charge in [0.05, 0.1) is 19.8 Å². The van der Waals surface area contributed by atoms with Crippen LogP contribution in [0.1, 0.15) is 24.9 Å². The summed E-state index contributed by atoms with van der Waals surface area (Å²) >= 11 is 0. The summed E-state index contributed by atoms with van der Waals surface area (Å²) in [5, 5.41) is 4.63. The Morgan fingerprint density at radius 2 is 1.81 bits per heavy atom. The summed E-state index contributed by atoms with van der Waals surface area (Å²) in [6, 6.07) is 14.6. The van der Waals surface area contributed by atoms with E-state index in [0.29, 0.717) is 24.5 Å². The SMILES string of the molecule is CCOc1ccc(C2CC3C(=O)N(CC(=O)Nc4ccc(OC)cc4)C=CN3N2)cc1. The topological polar surface area (TPSA) is 83.1 Å². The molecule has 2 aliphatic heterocycles. The van der Waals surface area contributed by atoms with E-state index >= 15 is 0 Å². The highest BCUT2D eigenvalue weighted by Gasteiger charge is 2.40. The zero-order chi connectivity index (χ0) is 21.8. The summed E-state index contributed by atoms with van der Waals surface area (Å²) in [4.78, 5) is 26.9. The number of nitrogens with zero attached hydrogens (tertiary/aromatic N) is 2. The lowest BCUT2D eigenvalue weighted by Crippen LogP contribution is -2.49. The van der Waals surface area contributed by atoms with E-state index in [1.165, 1.54) is 4.90 Å². The van der Waals surface area contributed by atoms with Gasteiger partial charge in [0.15, 0.2) is 0 Å². The summed E-state index contributed by atoms with van der Waals surface area (Å²) in [6.45, 7) is 2.53. The zero-order valence-corrected chi connectivity index (χ0v) is 17.6. The Balaban J connectivity index is 1.35. The Labute approximate surface area is 181 Å². The lowest BCUT2D eigenvalue weighted by Gasteiger charge is -2.31. The molecule has 1 fully saturated rings. The number of nitrogens with one attached hydrogen (secondary N) is 2. The van der Waals surface area contributed by atoms with Gasteiger partial charge in [0.1, 0.15) is 24.1 Å². The van der Waals surface area contributed by atoms with Gasteiger partial charge in [0.25, 0.3) is 5.91 Å². The monoisotopic (exact) mass is 422 g/mol. The maximum atomic E-state index is 13.0. The lowest BCUT2D eigenvalue weighted by atomic mass is 10.0. The molecule has 1 saturated heterocycles. The largest absolute Gasteiger partial charge is 0.497 e. The van der Waals surface area contributed by atoms with Crippen LogP contribution in [0.25, 0.3) is 0 Å². The maximum absolute atomic E-state index is 13.0. The molecule has 2 aromatic carbocycles. The maximum Gasteiger partial charge on any atom is 0.251 e. The third kappa shape index (κ3) is 4.64. The van der Waals surface area contributed by atoms with E-state index in [4.69, 9.17) is 9.47 Å². The molecular weight excluding hydrogens is 396 g/mol. The molecular formula is C23H26N4O4. The summed E-state index contributed by atoms with van der Waals surface area (Å²) in [6.07, 6.45) is 4.06. The molecule has 0 aliphatic carbocycles. The number of ether oxygens (including phenoxy) is 2. The molecule has 31 heavy (non-hydrogen) atoms. The predicted octanol–water partition coefficient (Wildman–Crippen LogP) is 2.67. The highest BCUT2D eigenvalue weighted by Crippen LogP contribution is 2.31. The third-order valence-corrected chi connectivity index (χ3v) is 5.36. The molecule has 0 aromatic heterocycles. The van der Waals surface area contributed by atoms with Gasteiger partial charge in [-0.25, -0.2) is 5.43 Å². The lowest BCUT2D eigenvalue weighted by molar-refractivity contribution is -0.137. The standard InChI is InChI=1S/C23H26N4O4/c1-3-31-19-8-4-16(5-9-19)20-14-21-23(29)26(12-13-27(21)25-20)15-22(28)24-17-6-10-18(30-2)11-7-17/h4-13,20-21,25H,3,14-15H2,1-2H3,(H,24,28).